The Labute approximate surface area is 145 Å². The van der Waals surface area contributed by atoms with Crippen molar-refractivity contribution in [1.82, 2.24) is 9.80 Å². The molecule has 1 N–H and O–H groups in total. The van der Waals surface area contributed by atoms with Crippen molar-refractivity contribution in [3.05, 3.63) is 71.8 Å². The lowest BCUT2D eigenvalue weighted by Crippen LogP contribution is -2.48. The van der Waals surface area contributed by atoms with E-state index in [-0.39, 0.29) is 0 Å². The zero-order valence-corrected chi connectivity index (χ0v) is 14.5. The lowest BCUT2D eigenvalue weighted by molar-refractivity contribution is 0.0547. The van der Waals surface area contributed by atoms with Gasteiger partial charge in [-0.15, -0.1) is 0 Å². The fraction of sp³-hybridized carbons (Fsp3) is 0.429. The van der Waals surface area contributed by atoms with E-state index in [2.05, 4.69) is 47.1 Å². The number of aliphatic hydroxyl groups is 1. The van der Waals surface area contributed by atoms with Crippen LogP contribution >= 0.6 is 0 Å². The topological polar surface area (TPSA) is 26.7 Å². The van der Waals surface area contributed by atoms with E-state index in [0.717, 1.165) is 44.7 Å². The molecular weight excluding hydrogens is 296 g/mol. The van der Waals surface area contributed by atoms with Crippen molar-refractivity contribution >= 4 is 0 Å². The first kappa shape index (κ1) is 17.2. The molecule has 3 rings (SSSR count). The highest BCUT2D eigenvalue weighted by molar-refractivity contribution is 5.19. The summed E-state index contributed by atoms with van der Waals surface area (Å²) in [5, 5.41) is 10.4. The first-order valence-corrected chi connectivity index (χ1v) is 9.02. The summed E-state index contributed by atoms with van der Waals surface area (Å²) in [6.45, 7) is 7.16. The zero-order chi connectivity index (χ0) is 16.8. The Morgan fingerprint density at radius 2 is 1.38 bits per heavy atom. The van der Waals surface area contributed by atoms with Crippen molar-refractivity contribution in [2.75, 3.05) is 32.7 Å². The quantitative estimate of drug-likeness (QED) is 0.881. The number of piperazine rings is 1. The first-order valence-electron chi connectivity index (χ1n) is 9.02. The van der Waals surface area contributed by atoms with Gasteiger partial charge < -0.3 is 5.11 Å². The molecule has 1 fully saturated rings. The minimum Gasteiger partial charge on any atom is -0.387 e. The van der Waals surface area contributed by atoms with E-state index < -0.39 is 6.10 Å². The van der Waals surface area contributed by atoms with E-state index in [1.54, 1.807) is 0 Å². The van der Waals surface area contributed by atoms with Gasteiger partial charge in [0, 0.05) is 38.8 Å². The maximum Gasteiger partial charge on any atom is 0.0916 e. The summed E-state index contributed by atoms with van der Waals surface area (Å²) in [7, 11) is 0. The summed E-state index contributed by atoms with van der Waals surface area (Å²) in [6.07, 6.45) is 0.741. The van der Waals surface area contributed by atoms with Crippen LogP contribution in [0.15, 0.2) is 60.7 Å². The molecule has 0 radical (unpaired) electrons. The number of nitrogens with zero attached hydrogens (tertiary/aromatic N) is 2. The van der Waals surface area contributed by atoms with Crippen LogP contribution in [-0.4, -0.2) is 47.6 Å². The van der Waals surface area contributed by atoms with Gasteiger partial charge in [0.25, 0.3) is 0 Å². The second kappa shape index (κ2) is 8.43. The van der Waals surface area contributed by atoms with Crippen LogP contribution in [0, 0.1) is 0 Å². The van der Waals surface area contributed by atoms with Crippen molar-refractivity contribution in [2.24, 2.45) is 0 Å². The van der Waals surface area contributed by atoms with Crippen molar-refractivity contribution in [1.29, 1.82) is 0 Å². The van der Waals surface area contributed by atoms with E-state index in [9.17, 15) is 5.11 Å². The first-order chi connectivity index (χ1) is 11.8. The number of hydrogen-bond acceptors (Lipinski definition) is 3. The summed E-state index contributed by atoms with van der Waals surface area (Å²) in [5.41, 5.74) is 2.42. The molecule has 0 aromatic heterocycles. The lowest BCUT2D eigenvalue weighted by atomic mass is 10.0. The molecule has 2 aromatic carbocycles. The molecule has 2 aromatic rings. The minimum absolute atomic E-state index is 0.395. The van der Waals surface area contributed by atoms with Gasteiger partial charge >= 0.3 is 0 Å². The van der Waals surface area contributed by atoms with Crippen LogP contribution in [-0.2, 0) is 0 Å². The number of rotatable bonds is 6. The van der Waals surface area contributed by atoms with Gasteiger partial charge in [0.1, 0.15) is 0 Å². The SMILES string of the molecule is CCC(c1ccccc1)N1CCN(CC(O)c2ccccc2)CC1. The molecule has 2 atom stereocenters. The summed E-state index contributed by atoms with van der Waals surface area (Å²) < 4.78 is 0. The molecule has 2 unspecified atom stereocenters. The maximum absolute atomic E-state index is 10.4. The minimum atomic E-state index is -0.395. The molecule has 0 amide bonds. The van der Waals surface area contributed by atoms with Crippen molar-refractivity contribution in [3.63, 3.8) is 0 Å². The second-order valence-corrected chi connectivity index (χ2v) is 6.60. The van der Waals surface area contributed by atoms with Gasteiger partial charge in [-0.3, -0.25) is 9.80 Å². The largest absolute Gasteiger partial charge is 0.387 e. The van der Waals surface area contributed by atoms with Crippen LogP contribution in [0.2, 0.25) is 0 Å². The van der Waals surface area contributed by atoms with Crippen LogP contribution in [0.1, 0.15) is 36.6 Å². The maximum atomic E-state index is 10.4. The molecule has 24 heavy (non-hydrogen) atoms. The molecule has 3 heteroatoms. The van der Waals surface area contributed by atoms with E-state index in [4.69, 9.17) is 0 Å². The highest BCUT2D eigenvalue weighted by atomic mass is 16.3. The third-order valence-electron chi connectivity index (χ3n) is 5.03. The molecular formula is C21H28N2O. The van der Waals surface area contributed by atoms with E-state index >= 15 is 0 Å². The monoisotopic (exact) mass is 324 g/mol. The number of hydrogen-bond donors (Lipinski definition) is 1. The standard InChI is InChI=1S/C21H28N2O/c1-2-20(18-9-5-3-6-10-18)23-15-13-22(14-16-23)17-21(24)19-11-7-4-8-12-19/h3-12,20-21,24H,2,13-17H2,1H3. The molecule has 3 nitrogen and oxygen atoms in total. The van der Waals surface area contributed by atoms with Gasteiger partial charge in [-0.2, -0.15) is 0 Å². The second-order valence-electron chi connectivity index (χ2n) is 6.60. The predicted octanol–water partition coefficient (Wildman–Crippen LogP) is 3.49. The molecule has 128 valence electrons. The van der Waals surface area contributed by atoms with Crippen molar-refractivity contribution < 1.29 is 5.11 Å². The Kier molecular flexibility index (Phi) is 6.02. The summed E-state index contributed by atoms with van der Waals surface area (Å²) in [4.78, 5) is 4.96. The highest BCUT2D eigenvalue weighted by Crippen LogP contribution is 2.25. The van der Waals surface area contributed by atoms with E-state index in [1.807, 2.05) is 30.3 Å². The van der Waals surface area contributed by atoms with Crippen LogP contribution in [0.5, 0.6) is 0 Å². The smallest absolute Gasteiger partial charge is 0.0916 e. The van der Waals surface area contributed by atoms with Crippen LogP contribution in [0.3, 0.4) is 0 Å². The molecule has 1 heterocycles. The average Bonchev–Trinajstić information content (AvgIpc) is 2.65. The van der Waals surface area contributed by atoms with E-state index in [1.165, 1.54) is 5.56 Å². The zero-order valence-electron chi connectivity index (χ0n) is 14.5. The van der Waals surface area contributed by atoms with Crippen LogP contribution in [0.25, 0.3) is 0 Å². The van der Waals surface area contributed by atoms with Gasteiger partial charge in [0.2, 0.25) is 0 Å². The van der Waals surface area contributed by atoms with Crippen LogP contribution in [0.4, 0.5) is 0 Å². The normalized spacial score (nSPS) is 19.1. The number of aliphatic hydroxyl groups excluding tert-OH is 1. The van der Waals surface area contributed by atoms with Crippen LogP contribution < -0.4 is 0 Å². The van der Waals surface area contributed by atoms with E-state index in [0.29, 0.717) is 6.04 Å². The highest BCUT2D eigenvalue weighted by Gasteiger charge is 2.24. The Balaban J connectivity index is 1.54. The lowest BCUT2D eigenvalue weighted by Gasteiger charge is -2.39. The molecule has 1 saturated heterocycles. The molecule has 1 aliphatic rings. The summed E-state index contributed by atoms with van der Waals surface area (Å²) >= 11 is 0. The van der Waals surface area contributed by atoms with Gasteiger partial charge in [0.15, 0.2) is 0 Å². The number of β-amino-alcohol motifs (C(OH)–C–C–N with tert-alkyl or cyclic N) is 1. The van der Waals surface area contributed by atoms with Crippen molar-refractivity contribution in [3.8, 4) is 0 Å². The fourth-order valence-corrected chi connectivity index (χ4v) is 3.66. The molecule has 0 spiro atoms. The third kappa shape index (κ3) is 4.23. The molecule has 0 saturated carbocycles. The summed E-state index contributed by atoms with van der Waals surface area (Å²) in [5.74, 6) is 0. The van der Waals surface area contributed by atoms with Gasteiger partial charge in [0.05, 0.1) is 6.10 Å². The number of benzene rings is 2. The Morgan fingerprint density at radius 1 is 0.833 bits per heavy atom. The fourth-order valence-electron chi connectivity index (χ4n) is 3.66. The Hall–Kier alpha value is -1.68. The molecule has 1 aliphatic heterocycles. The third-order valence-corrected chi connectivity index (χ3v) is 5.03. The van der Waals surface area contributed by atoms with Gasteiger partial charge in [-0.1, -0.05) is 67.6 Å². The predicted molar refractivity (Wildman–Crippen MR) is 98.9 cm³/mol. The molecule has 0 aliphatic carbocycles. The molecule has 0 bridgehead atoms. The van der Waals surface area contributed by atoms with Crippen molar-refractivity contribution in [2.45, 2.75) is 25.5 Å². The van der Waals surface area contributed by atoms with Gasteiger partial charge in [-0.05, 0) is 17.5 Å². The Morgan fingerprint density at radius 3 is 1.92 bits per heavy atom. The van der Waals surface area contributed by atoms with Gasteiger partial charge in [-0.25, -0.2) is 0 Å². The average molecular weight is 324 g/mol. The Bertz CT molecular complexity index is 594. The summed E-state index contributed by atoms with van der Waals surface area (Å²) in [6, 6.07) is 21.3.